The van der Waals surface area contributed by atoms with E-state index in [2.05, 4.69) is 0 Å². The van der Waals surface area contributed by atoms with Crippen molar-refractivity contribution < 1.29 is 28.7 Å². The first-order valence-electron chi connectivity index (χ1n) is 11.7. The topological polar surface area (TPSA) is 111 Å². The minimum Gasteiger partial charge on any atom is -0.497 e. The normalized spacial score (nSPS) is 19.2. The Balaban J connectivity index is 1.30. The predicted molar refractivity (Wildman–Crippen MR) is 127 cm³/mol. The van der Waals surface area contributed by atoms with Crippen LogP contribution < -0.4 is 14.4 Å². The van der Waals surface area contributed by atoms with E-state index in [9.17, 15) is 19.7 Å². The second-order valence-corrected chi connectivity index (χ2v) is 9.10. The summed E-state index contributed by atoms with van der Waals surface area (Å²) in [6.45, 7) is 2.94. The van der Waals surface area contributed by atoms with Gasteiger partial charge >= 0.3 is 0 Å². The summed E-state index contributed by atoms with van der Waals surface area (Å²) >= 11 is 0. The summed E-state index contributed by atoms with van der Waals surface area (Å²) in [6.07, 6.45) is 1.25. The van der Waals surface area contributed by atoms with Gasteiger partial charge in [-0.1, -0.05) is 0 Å². The van der Waals surface area contributed by atoms with Crippen LogP contribution in [0.15, 0.2) is 36.4 Å². The van der Waals surface area contributed by atoms with Crippen molar-refractivity contribution in [1.29, 1.82) is 0 Å². The number of piperidine rings is 1. The van der Waals surface area contributed by atoms with E-state index in [-0.39, 0.29) is 29.4 Å². The number of carbonyl (C=O) groups excluding carboxylic acids is 2. The Morgan fingerprint density at radius 3 is 2.51 bits per heavy atom. The molecule has 3 heterocycles. The Labute approximate surface area is 202 Å². The maximum Gasteiger partial charge on any atom is 0.293 e. The molecular weight excluding hydrogens is 454 g/mol. The van der Waals surface area contributed by atoms with Crippen LogP contribution in [0.5, 0.6) is 11.5 Å². The molecule has 10 heteroatoms. The van der Waals surface area contributed by atoms with Crippen molar-refractivity contribution in [2.24, 2.45) is 0 Å². The second-order valence-electron chi connectivity index (χ2n) is 9.10. The van der Waals surface area contributed by atoms with Crippen molar-refractivity contribution in [2.75, 3.05) is 51.4 Å². The zero-order chi connectivity index (χ0) is 24.6. The zero-order valence-corrected chi connectivity index (χ0v) is 19.5. The van der Waals surface area contributed by atoms with Crippen molar-refractivity contribution in [1.82, 2.24) is 4.90 Å². The van der Waals surface area contributed by atoms with Crippen molar-refractivity contribution in [3.05, 3.63) is 57.6 Å². The number of likely N-dealkylation sites (tertiary alicyclic amines) is 1. The van der Waals surface area contributed by atoms with E-state index < -0.39 is 10.5 Å². The van der Waals surface area contributed by atoms with E-state index in [1.807, 2.05) is 4.90 Å². The van der Waals surface area contributed by atoms with Gasteiger partial charge in [-0.15, -0.1) is 0 Å². The molecule has 1 amide bonds. The van der Waals surface area contributed by atoms with Gasteiger partial charge in [0.15, 0.2) is 5.78 Å². The van der Waals surface area contributed by atoms with E-state index >= 15 is 0 Å². The number of fused-ring (bicyclic) bond motifs is 1. The summed E-state index contributed by atoms with van der Waals surface area (Å²) in [5.74, 6) is 0.877. The minimum absolute atomic E-state index is 0.0167. The van der Waals surface area contributed by atoms with Gasteiger partial charge in [-0.3, -0.25) is 19.7 Å². The van der Waals surface area contributed by atoms with Gasteiger partial charge in [0.2, 0.25) is 0 Å². The lowest BCUT2D eigenvalue weighted by Crippen LogP contribution is -2.52. The van der Waals surface area contributed by atoms with E-state index in [0.29, 0.717) is 75.0 Å². The molecule has 1 spiro atoms. The summed E-state index contributed by atoms with van der Waals surface area (Å²) in [5.41, 5.74) is 0.566. The Morgan fingerprint density at radius 2 is 1.83 bits per heavy atom. The average Bonchev–Trinajstić information content (AvgIpc) is 2.88. The van der Waals surface area contributed by atoms with E-state index in [4.69, 9.17) is 14.2 Å². The zero-order valence-electron chi connectivity index (χ0n) is 19.5. The molecule has 2 fully saturated rings. The van der Waals surface area contributed by atoms with Gasteiger partial charge in [0.05, 0.1) is 37.2 Å². The Hall–Kier alpha value is -3.66. The molecule has 35 heavy (non-hydrogen) atoms. The maximum absolute atomic E-state index is 13.2. The van der Waals surface area contributed by atoms with Gasteiger partial charge in [0, 0.05) is 56.7 Å². The largest absolute Gasteiger partial charge is 0.497 e. The van der Waals surface area contributed by atoms with E-state index in [1.54, 1.807) is 42.3 Å². The van der Waals surface area contributed by atoms with Crippen molar-refractivity contribution in [3.8, 4) is 11.5 Å². The molecule has 2 aromatic carbocycles. The highest BCUT2D eigenvalue weighted by Gasteiger charge is 2.44. The van der Waals surface area contributed by atoms with Crippen molar-refractivity contribution in [3.63, 3.8) is 0 Å². The highest BCUT2D eigenvalue weighted by molar-refractivity contribution is 6.00. The van der Waals surface area contributed by atoms with Crippen molar-refractivity contribution >= 4 is 23.1 Å². The molecule has 184 valence electrons. The third-order valence-corrected chi connectivity index (χ3v) is 7.03. The molecule has 0 atom stereocenters. The van der Waals surface area contributed by atoms with Gasteiger partial charge in [0.25, 0.3) is 11.6 Å². The first-order valence-corrected chi connectivity index (χ1v) is 11.7. The lowest BCUT2D eigenvalue weighted by atomic mass is 9.82. The molecule has 2 aromatic rings. The molecular formula is C25H27N3O7. The quantitative estimate of drug-likeness (QED) is 0.484. The van der Waals surface area contributed by atoms with E-state index in [1.165, 1.54) is 6.07 Å². The smallest absolute Gasteiger partial charge is 0.293 e. The third-order valence-electron chi connectivity index (χ3n) is 7.03. The molecule has 0 bridgehead atoms. The van der Waals surface area contributed by atoms with Gasteiger partial charge < -0.3 is 24.0 Å². The van der Waals surface area contributed by atoms with Crippen LogP contribution in [0.4, 0.5) is 11.4 Å². The number of ketones is 1. The molecule has 0 N–H and O–H groups in total. The molecule has 5 rings (SSSR count). The summed E-state index contributed by atoms with van der Waals surface area (Å²) < 4.78 is 16.9. The van der Waals surface area contributed by atoms with Crippen molar-refractivity contribution in [2.45, 2.75) is 24.9 Å². The number of hydrogen-bond acceptors (Lipinski definition) is 8. The summed E-state index contributed by atoms with van der Waals surface area (Å²) in [6, 6.07) is 9.84. The SMILES string of the molecule is COc1ccc2c(c1)OC1(CCN(C(=O)c3ccc(N4CCOCC4)c([N+](=O)[O-])c3)CC1)CC2=O. The third kappa shape index (κ3) is 4.41. The number of ether oxygens (including phenoxy) is 3. The Kier molecular flexibility index (Phi) is 6.06. The summed E-state index contributed by atoms with van der Waals surface area (Å²) in [4.78, 5) is 40.9. The molecule has 0 saturated carbocycles. The summed E-state index contributed by atoms with van der Waals surface area (Å²) in [5, 5.41) is 11.8. The number of nitro groups is 1. The Morgan fingerprint density at radius 1 is 1.09 bits per heavy atom. The van der Waals surface area contributed by atoms with Crippen LogP contribution in [0.3, 0.4) is 0 Å². The number of anilines is 1. The number of morpholine rings is 1. The number of methoxy groups -OCH3 is 1. The van der Waals surface area contributed by atoms with Crippen LogP contribution in [0.25, 0.3) is 0 Å². The predicted octanol–water partition coefficient (Wildman–Crippen LogP) is 3.08. The highest BCUT2D eigenvalue weighted by atomic mass is 16.6. The molecule has 3 aliphatic rings. The first-order chi connectivity index (χ1) is 16.9. The molecule has 0 aliphatic carbocycles. The Bertz CT molecular complexity index is 1170. The van der Waals surface area contributed by atoms with Crippen LogP contribution in [-0.2, 0) is 4.74 Å². The maximum atomic E-state index is 13.2. The van der Waals surface area contributed by atoms with Crippen LogP contribution in [0.2, 0.25) is 0 Å². The van der Waals surface area contributed by atoms with Gasteiger partial charge in [-0.2, -0.15) is 0 Å². The van der Waals surface area contributed by atoms with Crippen LogP contribution in [0, 0.1) is 10.1 Å². The summed E-state index contributed by atoms with van der Waals surface area (Å²) in [7, 11) is 1.56. The number of benzene rings is 2. The first kappa shape index (κ1) is 23.1. The average molecular weight is 482 g/mol. The number of hydrogen-bond donors (Lipinski definition) is 0. The second kappa shape index (κ2) is 9.18. The monoisotopic (exact) mass is 481 g/mol. The standard InChI is InChI=1S/C25H27N3O7/c1-33-18-3-4-19-22(29)16-25(35-23(19)15-18)6-8-27(9-7-25)24(30)17-2-5-20(21(14-17)28(31)32)26-10-12-34-13-11-26/h2-5,14-15H,6-13,16H2,1H3. The number of nitrogens with zero attached hydrogens (tertiary/aromatic N) is 3. The van der Waals surface area contributed by atoms with Gasteiger partial charge in [0.1, 0.15) is 22.8 Å². The number of Topliss-reactive ketones (excluding diaryl/α,β-unsaturated/α-hetero) is 1. The van der Waals surface area contributed by atoms with Crippen LogP contribution in [-0.4, -0.2) is 73.6 Å². The molecule has 0 aromatic heterocycles. The fourth-order valence-corrected chi connectivity index (χ4v) is 5.05. The van der Waals surface area contributed by atoms with Gasteiger partial charge in [-0.05, 0) is 24.3 Å². The minimum atomic E-state index is -0.667. The lowest BCUT2D eigenvalue weighted by molar-refractivity contribution is -0.384. The van der Waals surface area contributed by atoms with Crippen LogP contribution in [0.1, 0.15) is 40.0 Å². The number of carbonyl (C=O) groups is 2. The van der Waals surface area contributed by atoms with Crippen LogP contribution >= 0.6 is 0 Å². The fraction of sp³-hybridized carbons (Fsp3) is 0.440. The number of nitro benzene ring substituents is 1. The highest BCUT2D eigenvalue weighted by Crippen LogP contribution is 2.41. The molecule has 2 saturated heterocycles. The molecule has 10 nitrogen and oxygen atoms in total. The van der Waals surface area contributed by atoms with Gasteiger partial charge in [-0.25, -0.2) is 0 Å². The van der Waals surface area contributed by atoms with E-state index in [0.717, 1.165) is 0 Å². The fourth-order valence-electron chi connectivity index (χ4n) is 5.05. The molecule has 0 radical (unpaired) electrons. The molecule has 3 aliphatic heterocycles. The lowest BCUT2D eigenvalue weighted by Gasteiger charge is -2.44. The molecule has 0 unspecified atom stereocenters. The number of rotatable bonds is 4. The number of amides is 1.